The third-order valence-corrected chi connectivity index (χ3v) is 5.97. The predicted octanol–water partition coefficient (Wildman–Crippen LogP) is 3.17. The third kappa shape index (κ3) is 5.76. The van der Waals surface area contributed by atoms with Crippen LogP contribution in [0, 0.1) is 6.92 Å². The number of alkyl halides is 3. The van der Waals surface area contributed by atoms with Gasteiger partial charge in [-0.3, -0.25) is 4.90 Å². The second-order valence-electron chi connectivity index (χ2n) is 8.72. The molecule has 3 heterocycles. The van der Waals surface area contributed by atoms with Crippen LogP contribution in [0.5, 0.6) is 5.75 Å². The van der Waals surface area contributed by atoms with Crippen LogP contribution in [0.3, 0.4) is 0 Å². The summed E-state index contributed by atoms with van der Waals surface area (Å²) in [5, 5.41) is 7.12. The number of ether oxygens (including phenoxy) is 2. The molecule has 0 bridgehead atoms. The smallest absolute Gasteiger partial charge is 0.490 e. The van der Waals surface area contributed by atoms with Crippen LogP contribution in [-0.2, 0) is 28.1 Å². The van der Waals surface area contributed by atoms with Gasteiger partial charge in [0, 0.05) is 38.4 Å². The number of likely N-dealkylation sites (tertiary alicyclic amines) is 1. The summed E-state index contributed by atoms with van der Waals surface area (Å²) in [5.74, 6) is -1.07. The van der Waals surface area contributed by atoms with E-state index in [0.717, 1.165) is 50.1 Å². The Morgan fingerprint density at radius 1 is 1.26 bits per heavy atom. The number of benzene rings is 1. The molecule has 4 rings (SSSR count). The summed E-state index contributed by atoms with van der Waals surface area (Å²) in [7, 11) is 5.70. The molecule has 0 aliphatic carbocycles. The van der Waals surface area contributed by atoms with Crippen LogP contribution in [0.2, 0.25) is 0 Å². The van der Waals surface area contributed by atoms with Crippen molar-refractivity contribution in [3.63, 3.8) is 0 Å². The standard InChI is InChI=1S/C21H28N4O2.C2HF3O2/c1-15-18-12-27-14-21(19(18)23-20(22-15)24(2)3)9-10-25(13-21)11-16-5-7-17(26-4)8-6-16;3-2(4,5)1(6)7/h5-8H,9-14H2,1-4H3;(H,6,7). The second kappa shape index (κ2) is 10.1. The molecule has 8 nitrogen and oxygen atoms in total. The Labute approximate surface area is 196 Å². The second-order valence-corrected chi connectivity index (χ2v) is 8.72. The van der Waals surface area contributed by atoms with Crippen molar-refractivity contribution in [3.8, 4) is 5.75 Å². The van der Waals surface area contributed by atoms with Crippen molar-refractivity contribution in [2.45, 2.75) is 38.1 Å². The number of hydrogen-bond donors (Lipinski definition) is 1. The van der Waals surface area contributed by atoms with E-state index >= 15 is 0 Å². The molecule has 11 heteroatoms. The number of fused-ring (bicyclic) bond motifs is 2. The van der Waals surface area contributed by atoms with Crippen LogP contribution in [0.1, 0.15) is 28.9 Å². The Bertz CT molecular complexity index is 1010. The summed E-state index contributed by atoms with van der Waals surface area (Å²) in [6.45, 7) is 6.38. The lowest BCUT2D eigenvalue weighted by molar-refractivity contribution is -0.192. The average Bonchev–Trinajstić information content (AvgIpc) is 3.17. The van der Waals surface area contributed by atoms with Crippen LogP contribution in [0.15, 0.2) is 24.3 Å². The van der Waals surface area contributed by atoms with Crippen molar-refractivity contribution >= 4 is 11.9 Å². The number of rotatable bonds is 4. The summed E-state index contributed by atoms with van der Waals surface area (Å²) in [6.07, 6.45) is -4.01. The van der Waals surface area contributed by atoms with Crippen LogP contribution in [0.25, 0.3) is 0 Å². The molecule has 1 unspecified atom stereocenters. The number of carboxylic acids is 1. The number of nitrogens with zero attached hydrogens (tertiary/aromatic N) is 4. The van der Waals surface area contributed by atoms with Gasteiger partial charge in [-0.15, -0.1) is 0 Å². The molecule has 2 aliphatic rings. The van der Waals surface area contributed by atoms with Gasteiger partial charge in [0.1, 0.15) is 5.75 Å². The zero-order chi connectivity index (χ0) is 25.1. The fourth-order valence-electron chi connectivity index (χ4n) is 4.20. The zero-order valence-corrected chi connectivity index (χ0v) is 19.6. The number of aromatic nitrogens is 2. The van der Waals surface area contributed by atoms with Crippen molar-refractivity contribution in [3.05, 3.63) is 46.8 Å². The molecular weight excluding hydrogens is 453 g/mol. The van der Waals surface area contributed by atoms with E-state index < -0.39 is 12.1 Å². The number of hydrogen-bond acceptors (Lipinski definition) is 7. The van der Waals surface area contributed by atoms with Crippen molar-refractivity contribution in [2.75, 3.05) is 45.8 Å². The van der Waals surface area contributed by atoms with E-state index in [1.165, 1.54) is 16.8 Å². The number of aryl methyl sites for hydroxylation is 1. The van der Waals surface area contributed by atoms with Crippen molar-refractivity contribution in [1.82, 2.24) is 14.9 Å². The highest BCUT2D eigenvalue weighted by atomic mass is 19.4. The van der Waals surface area contributed by atoms with Gasteiger partial charge >= 0.3 is 12.1 Å². The zero-order valence-electron chi connectivity index (χ0n) is 19.6. The van der Waals surface area contributed by atoms with Gasteiger partial charge in [0.15, 0.2) is 0 Å². The predicted molar refractivity (Wildman–Crippen MR) is 119 cm³/mol. The molecule has 0 radical (unpaired) electrons. The van der Waals surface area contributed by atoms with E-state index in [-0.39, 0.29) is 5.41 Å². The van der Waals surface area contributed by atoms with E-state index in [2.05, 4.69) is 28.9 Å². The summed E-state index contributed by atoms with van der Waals surface area (Å²) in [5.41, 5.74) is 4.69. The van der Waals surface area contributed by atoms with Gasteiger partial charge in [0.25, 0.3) is 0 Å². The van der Waals surface area contributed by atoms with Crippen molar-refractivity contribution < 1.29 is 32.5 Å². The summed E-state index contributed by atoms with van der Waals surface area (Å²) < 4.78 is 43.0. The Kier molecular flexibility index (Phi) is 7.67. The van der Waals surface area contributed by atoms with Crippen molar-refractivity contribution in [2.24, 2.45) is 0 Å². The number of carboxylic acid groups (broad SMARTS) is 1. The first-order chi connectivity index (χ1) is 15.9. The monoisotopic (exact) mass is 482 g/mol. The molecule has 1 N–H and O–H groups in total. The molecule has 2 aliphatic heterocycles. The highest BCUT2D eigenvalue weighted by Crippen LogP contribution is 2.40. The Balaban J connectivity index is 0.000000406. The molecule has 0 saturated carbocycles. The maximum absolute atomic E-state index is 10.6. The van der Waals surface area contributed by atoms with E-state index in [9.17, 15) is 13.2 Å². The lowest BCUT2D eigenvalue weighted by atomic mass is 9.80. The van der Waals surface area contributed by atoms with E-state index in [0.29, 0.717) is 6.61 Å². The van der Waals surface area contributed by atoms with Crippen molar-refractivity contribution in [1.29, 1.82) is 0 Å². The number of halogens is 3. The number of carbonyl (C=O) groups is 1. The Hall–Kier alpha value is -2.92. The maximum atomic E-state index is 10.6. The topological polar surface area (TPSA) is 88.0 Å². The highest BCUT2D eigenvalue weighted by molar-refractivity contribution is 5.73. The van der Waals surface area contributed by atoms with Gasteiger partial charge in [-0.25, -0.2) is 14.8 Å². The fourth-order valence-corrected chi connectivity index (χ4v) is 4.20. The van der Waals surface area contributed by atoms with E-state index in [1.54, 1.807) is 7.11 Å². The first-order valence-corrected chi connectivity index (χ1v) is 10.7. The molecule has 2 aromatic rings. The molecule has 34 heavy (non-hydrogen) atoms. The molecule has 1 aromatic carbocycles. The first kappa shape index (κ1) is 25.7. The largest absolute Gasteiger partial charge is 0.497 e. The van der Waals surface area contributed by atoms with Gasteiger partial charge in [0.2, 0.25) is 5.95 Å². The number of aliphatic carboxylic acids is 1. The quantitative estimate of drug-likeness (QED) is 0.711. The minimum atomic E-state index is -5.08. The van der Waals surface area contributed by atoms with Crippen LogP contribution < -0.4 is 9.64 Å². The van der Waals surface area contributed by atoms with Crippen LogP contribution >= 0.6 is 0 Å². The molecule has 1 spiro atoms. The van der Waals surface area contributed by atoms with E-state index in [1.807, 2.05) is 31.1 Å². The fraction of sp³-hybridized carbons (Fsp3) is 0.522. The molecule has 186 valence electrons. The maximum Gasteiger partial charge on any atom is 0.490 e. The minimum Gasteiger partial charge on any atom is -0.497 e. The van der Waals surface area contributed by atoms with Gasteiger partial charge in [-0.2, -0.15) is 13.2 Å². The first-order valence-electron chi connectivity index (χ1n) is 10.7. The number of anilines is 1. The lowest BCUT2D eigenvalue weighted by Gasteiger charge is -2.35. The normalized spacial score (nSPS) is 19.9. The summed E-state index contributed by atoms with van der Waals surface area (Å²) in [4.78, 5) is 23.0. The third-order valence-electron chi connectivity index (χ3n) is 5.97. The SMILES string of the molecule is COc1ccc(CN2CCC3(COCc4c(C)nc(N(C)C)nc43)C2)cc1.O=C(O)C(F)(F)F. The highest BCUT2D eigenvalue weighted by Gasteiger charge is 2.45. The van der Waals surface area contributed by atoms with Gasteiger partial charge in [0.05, 0.1) is 31.4 Å². The summed E-state index contributed by atoms with van der Waals surface area (Å²) >= 11 is 0. The van der Waals surface area contributed by atoms with Crippen LogP contribution in [0.4, 0.5) is 19.1 Å². The summed E-state index contributed by atoms with van der Waals surface area (Å²) in [6, 6.07) is 8.34. The molecule has 0 amide bonds. The van der Waals surface area contributed by atoms with Gasteiger partial charge in [-0.05, 0) is 37.6 Å². The van der Waals surface area contributed by atoms with Crippen LogP contribution in [-0.4, -0.2) is 73.0 Å². The van der Waals surface area contributed by atoms with Gasteiger partial charge in [-0.1, -0.05) is 12.1 Å². The molecule has 1 fully saturated rings. The minimum absolute atomic E-state index is 0.0293. The lowest BCUT2D eigenvalue weighted by Crippen LogP contribution is -2.41. The molecule has 1 aromatic heterocycles. The number of methoxy groups -OCH3 is 1. The molecule has 1 atom stereocenters. The molecule has 1 saturated heterocycles. The average molecular weight is 483 g/mol. The van der Waals surface area contributed by atoms with Gasteiger partial charge < -0.3 is 19.5 Å². The molecular formula is C23H29F3N4O4. The van der Waals surface area contributed by atoms with E-state index in [4.69, 9.17) is 24.4 Å². The Morgan fingerprint density at radius 2 is 1.91 bits per heavy atom. The Morgan fingerprint density at radius 3 is 2.47 bits per heavy atom.